The number of methoxy groups -OCH3 is 1. The third kappa shape index (κ3) is 4.94. The van der Waals surface area contributed by atoms with Gasteiger partial charge < -0.3 is 14.6 Å². The summed E-state index contributed by atoms with van der Waals surface area (Å²) in [5.74, 6) is 0.743. The van der Waals surface area contributed by atoms with E-state index in [9.17, 15) is 13.6 Å². The molecular weight excluding hydrogens is 416 g/mol. The minimum absolute atomic E-state index is 0.225. The molecule has 7 nitrogen and oxygen atoms in total. The third-order valence-electron chi connectivity index (χ3n) is 5.54. The van der Waals surface area contributed by atoms with E-state index in [0.717, 1.165) is 11.9 Å². The summed E-state index contributed by atoms with van der Waals surface area (Å²) >= 11 is 0. The Kier molecular flexibility index (Phi) is 6.45. The van der Waals surface area contributed by atoms with Gasteiger partial charge in [-0.05, 0) is 42.8 Å². The van der Waals surface area contributed by atoms with E-state index in [4.69, 9.17) is 4.74 Å². The van der Waals surface area contributed by atoms with Crippen molar-refractivity contribution in [2.24, 2.45) is 0 Å². The lowest BCUT2D eigenvalue weighted by molar-refractivity contribution is 0.0937. The molecule has 3 aromatic rings. The molecule has 1 aliphatic rings. The second-order valence-electron chi connectivity index (χ2n) is 7.86. The Morgan fingerprint density at radius 1 is 1.12 bits per heavy atom. The van der Waals surface area contributed by atoms with Crippen molar-refractivity contribution in [2.75, 3.05) is 20.2 Å². The number of ether oxygens (including phenoxy) is 1. The van der Waals surface area contributed by atoms with Crippen LogP contribution in [0.25, 0.3) is 0 Å². The maximum absolute atomic E-state index is 13.5. The molecule has 0 aliphatic carbocycles. The SMILES string of the molecule is COc1cccc(C(=O)N[C@H](C)c2nnc3n2CCN(Cc2cc(F)cc(F)c2)CC3)c1. The molecule has 0 bridgehead atoms. The molecule has 2 heterocycles. The first-order chi connectivity index (χ1) is 15.4. The molecule has 0 fully saturated rings. The van der Waals surface area contributed by atoms with Gasteiger partial charge in [0.25, 0.3) is 5.91 Å². The van der Waals surface area contributed by atoms with Gasteiger partial charge in [0.05, 0.1) is 13.2 Å². The van der Waals surface area contributed by atoms with Gasteiger partial charge in [-0.1, -0.05) is 6.07 Å². The van der Waals surface area contributed by atoms with E-state index >= 15 is 0 Å². The molecule has 1 atom stereocenters. The van der Waals surface area contributed by atoms with Crippen molar-refractivity contribution < 1.29 is 18.3 Å². The molecule has 32 heavy (non-hydrogen) atoms. The van der Waals surface area contributed by atoms with E-state index in [1.54, 1.807) is 31.4 Å². The monoisotopic (exact) mass is 441 g/mol. The van der Waals surface area contributed by atoms with Gasteiger partial charge in [0, 0.05) is 44.2 Å². The van der Waals surface area contributed by atoms with Gasteiger partial charge in [-0.25, -0.2) is 8.78 Å². The van der Waals surface area contributed by atoms with Gasteiger partial charge in [-0.2, -0.15) is 0 Å². The summed E-state index contributed by atoms with van der Waals surface area (Å²) in [6.45, 7) is 4.31. The van der Waals surface area contributed by atoms with Gasteiger partial charge in [0.2, 0.25) is 0 Å². The predicted octanol–water partition coefficient (Wildman–Crippen LogP) is 3.11. The van der Waals surface area contributed by atoms with Crippen molar-refractivity contribution >= 4 is 5.91 Å². The van der Waals surface area contributed by atoms with Gasteiger partial charge >= 0.3 is 0 Å². The second kappa shape index (κ2) is 9.44. The first-order valence-corrected chi connectivity index (χ1v) is 10.5. The highest BCUT2D eigenvalue weighted by Gasteiger charge is 2.23. The van der Waals surface area contributed by atoms with Crippen molar-refractivity contribution in [2.45, 2.75) is 32.5 Å². The fourth-order valence-corrected chi connectivity index (χ4v) is 3.94. The predicted molar refractivity (Wildman–Crippen MR) is 114 cm³/mol. The second-order valence-corrected chi connectivity index (χ2v) is 7.86. The topological polar surface area (TPSA) is 72.3 Å². The highest BCUT2D eigenvalue weighted by atomic mass is 19.1. The van der Waals surface area contributed by atoms with Gasteiger partial charge in [-0.3, -0.25) is 9.69 Å². The molecule has 168 valence electrons. The minimum atomic E-state index is -0.574. The van der Waals surface area contributed by atoms with E-state index < -0.39 is 11.6 Å². The molecule has 4 rings (SSSR count). The van der Waals surface area contributed by atoms with Crippen LogP contribution in [0.2, 0.25) is 0 Å². The number of benzene rings is 2. The highest BCUT2D eigenvalue weighted by molar-refractivity contribution is 5.94. The van der Waals surface area contributed by atoms with Crippen molar-refractivity contribution in [1.82, 2.24) is 25.0 Å². The minimum Gasteiger partial charge on any atom is -0.497 e. The number of rotatable bonds is 6. The summed E-state index contributed by atoms with van der Waals surface area (Å²) in [5, 5.41) is 11.6. The van der Waals surface area contributed by atoms with Crippen LogP contribution in [0.1, 0.15) is 40.5 Å². The van der Waals surface area contributed by atoms with E-state index in [1.165, 1.54) is 12.1 Å². The molecule has 1 N–H and O–H groups in total. The number of hydrogen-bond acceptors (Lipinski definition) is 5. The molecule has 0 saturated carbocycles. The van der Waals surface area contributed by atoms with E-state index in [0.29, 0.717) is 55.3 Å². The van der Waals surface area contributed by atoms with Crippen LogP contribution in [0, 0.1) is 11.6 Å². The summed E-state index contributed by atoms with van der Waals surface area (Å²) in [4.78, 5) is 14.8. The number of nitrogens with one attached hydrogen (secondary N) is 1. The zero-order valence-electron chi connectivity index (χ0n) is 18.0. The molecular formula is C23H25F2N5O2. The van der Waals surface area contributed by atoms with Crippen LogP contribution in [-0.4, -0.2) is 45.8 Å². The van der Waals surface area contributed by atoms with Gasteiger partial charge in [0.1, 0.15) is 23.2 Å². The summed E-state index contributed by atoms with van der Waals surface area (Å²) < 4.78 is 34.2. The normalized spacial score (nSPS) is 15.0. The number of aromatic nitrogens is 3. The molecule has 1 amide bonds. The Labute approximate surface area is 185 Å². The lowest BCUT2D eigenvalue weighted by Gasteiger charge is -2.20. The van der Waals surface area contributed by atoms with E-state index in [1.807, 2.05) is 11.5 Å². The molecule has 0 unspecified atom stereocenters. The Morgan fingerprint density at radius 2 is 1.91 bits per heavy atom. The summed E-state index contributed by atoms with van der Waals surface area (Å²) in [6.07, 6.45) is 0.654. The largest absolute Gasteiger partial charge is 0.497 e. The van der Waals surface area contributed by atoms with Crippen LogP contribution in [0.3, 0.4) is 0 Å². The fraction of sp³-hybridized carbons (Fsp3) is 0.348. The Morgan fingerprint density at radius 3 is 2.66 bits per heavy atom. The summed E-state index contributed by atoms with van der Waals surface area (Å²) in [5.41, 5.74) is 1.10. The van der Waals surface area contributed by atoms with Gasteiger partial charge in [-0.15, -0.1) is 10.2 Å². The van der Waals surface area contributed by atoms with Crippen LogP contribution in [-0.2, 0) is 19.5 Å². The maximum Gasteiger partial charge on any atom is 0.251 e. The Hall–Kier alpha value is -3.33. The molecule has 0 radical (unpaired) electrons. The quantitative estimate of drug-likeness (QED) is 0.637. The number of carbonyl (C=O) groups is 1. The first kappa shape index (κ1) is 21.9. The number of nitrogens with zero attached hydrogens (tertiary/aromatic N) is 4. The third-order valence-corrected chi connectivity index (χ3v) is 5.54. The Balaban J connectivity index is 1.42. The molecule has 0 spiro atoms. The van der Waals surface area contributed by atoms with Crippen molar-refractivity contribution in [3.05, 3.63) is 76.9 Å². The van der Waals surface area contributed by atoms with Crippen LogP contribution < -0.4 is 10.1 Å². The highest BCUT2D eigenvalue weighted by Crippen LogP contribution is 2.19. The number of halogens is 2. The summed E-state index contributed by atoms with van der Waals surface area (Å²) in [7, 11) is 1.55. The number of carbonyl (C=O) groups excluding carboxylic acids is 1. The van der Waals surface area contributed by atoms with Crippen molar-refractivity contribution in [3.8, 4) is 5.75 Å². The first-order valence-electron chi connectivity index (χ1n) is 10.5. The zero-order valence-corrected chi connectivity index (χ0v) is 18.0. The Bertz CT molecular complexity index is 1100. The smallest absolute Gasteiger partial charge is 0.251 e. The van der Waals surface area contributed by atoms with E-state index in [-0.39, 0.29) is 11.9 Å². The average molecular weight is 441 g/mol. The lowest BCUT2D eigenvalue weighted by Crippen LogP contribution is -2.30. The number of fused-ring (bicyclic) bond motifs is 1. The number of amides is 1. The summed E-state index contributed by atoms with van der Waals surface area (Å²) in [6, 6.07) is 10.2. The molecule has 0 saturated heterocycles. The van der Waals surface area contributed by atoms with Crippen LogP contribution >= 0.6 is 0 Å². The van der Waals surface area contributed by atoms with Crippen molar-refractivity contribution in [1.29, 1.82) is 0 Å². The van der Waals surface area contributed by atoms with Crippen LogP contribution in [0.4, 0.5) is 8.78 Å². The zero-order chi connectivity index (χ0) is 22.7. The number of hydrogen-bond donors (Lipinski definition) is 1. The molecule has 2 aromatic carbocycles. The maximum atomic E-state index is 13.5. The van der Waals surface area contributed by atoms with Crippen LogP contribution in [0.15, 0.2) is 42.5 Å². The lowest BCUT2D eigenvalue weighted by atomic mass is 10.2. The molecule has 9 heteroatoms. The molecule has 1 aliphatic heterocycles. The average Bonchev–Trinajstić information content (AvgIpc) is 3.08. The van der Waals surface area contributed by atoms with Crippen LogP contribution in [0.5, 0.6) is 5.75 Å². The van der Waals surface area contributed by atoms with Crippen molar-refractivity contribution in [3.63, 3.8) is 0 Å². The standard InChI is InChI=1S/C23H25F2N5O2/c1-15(26-23(31)17-4-3-5-20(12-17)32-2)22-28-27-21-6-7-29(8-9-30(21)22)14-16-10-18(24)13-19(25)11-16/h3-5,10-13,15H,6-9,14H2,1-2H3,(H,26,31)/t15-/m1/s1. The molecule has 1 aromatic heterocycles. The van der Waals surface area contributed by atoms with Gasteiger partial charge in [0.15, 0.2) is 5.82 Å². The van der Waals surface area contributed by atoms with E-state index in [2.05, 4.69) is 20.4 Å². The fourth-order valence-electron chi connectivity index (χ4n) is 3.94.